The minimum atomic E-state index is -1.15. The van der Waals surface area contributed by atoms with Crippen LogP contribution in [0.3, 0.4) is 0 Å². The Morgan fingerprint density at radius 2 is 2.25 bits per heavy atom. The molecule has 0 saturated carbocycles. The van der Waals surface area contributed by atoms with E-state index in [0.29, 0.717) is 5.56 Å². The maximum absolute atomic E-state index is 11.0. The molecule has 1 unspecified atom stereocenters. The van der Waals surface area contributed by atoms with Gasteiger partial charge in [-0.15, -0.1) is 11.3 Å². The van der Waals surface area contributed by atoms with Gasteiger partial charge in [0.1, 0.15) is 0 Å². The summed E-state index contributed by atoms with van der Waals surface area (Å²) in [5, 5.41) is 14.8. The lowest BCUT2D eigenvalue weighted by atomic mass is 10.1. The number of thiophene rings is 1. The van der Waals surface area contributed by atoms with Gasteiger partial charge in [0.25, 0.3) is 0 Å². The highest BCUT2D eigenvalue weighted by Gasteiger charge is 2.21. The summed E-state index contributed by atoms with van der Waals surface area (Å²) in [6.45, 7) is 0. The molecule has 0 bridgehead atoms. The van der Waals surface area contributed by atoms with Crippen molar-refractivity contribution < 1.29 is 9.90 Å². The van der Waals surface area contributed by atoms with Crippen molar-refractivity contribution in [3.63, 3.8) is 0 Å². The second-order valence-electron chi connectivity index (χ2n) is 3.13. The zero-order valence-corrected chi connectivity index (χ0v) is 8.89. The van der Waals surface area contributed by atoms with Gasteiger partial charge in [0.2, 0.25) is 0 Å². The van der Waals surface area contributed by atoms with Crippen LogP contribution in [0.4, 0.5) is 0 Å². The van der Waals surface area contributed by atoms with Crippen molar-refractivity contribution >= 4 is 27.4 Å². The number of nitrogens with zero attached hydrogens (tertiary/aromatic N) is 3. The Bertz CT molecular complexity index is 585. The molecule has 0 aliphatic heterocycles. The van der Waals surface area contributed by atoms with Crippen molar-refractivity contribution in [1.82, 2.24) is 0 Å². The third-order valence-electron chi connectivity index (χ3n) is 2.21. The van der Waals surface area contributed by atoms with E-state index < -0.39 is 12.0 Å². The first-order valence-electron chi connectivity index (χ1n) is 4.47. The molecule has 1 aromatic heterocycles. The molecule has 1 aromatic carbocycles. The molecule has 0 aliphatic carbocycles. The Morgan fingerprint density at radius 3 is 2.94 bits per heavy atom. The summed E-state index contributed by atoms with van der Waals surface area (Å²) >= 11 is 1.44. The molecule has 1 N–H and O–H groups in total. The van der Waals surface area contributed by atoms with E-state index in [-0.39, 0.29) is 0 Å². The summed E-state index contributed by atoms with van der Waals surface area (Å²) < 4.78 is 0.983. The predicted molar refractivity (Wildman–Crippen MR) is 61.3 cm³/mol. The minimum Gasteiger partial charge on any atom is -0.481 e. The third-order valence-corrected chi connectivity index (χ3v) is 3.19. The number of carbonyl (C=O) groups is 1. The molecule has 2 aromatic rings. The van der Waals surface area contributed by atoms with Gasteiger partial charge >= 0.3 is 5.97 Å². The number of carboxylic acid groups (broad SMARTS) is 1. The fourth-order valence-corrected chi connectivity index (χ4v) is 2.49. The Labute approximate surface area is 94.6 Å². The molecule has 5 nitrogen and oxygen atoms in total. The van der Waals surface area contributed by atoms with Crippen molar-refractivity contribution in [3.8, 4) is 0 Å². The van der Waals surface area contributed by atoms with Crippen molar-refractivity contribution in [1.29, 1.82) is 0 Å². The molecular formula is C10H7N3O2S. The molecule has 80 valence electrons. The fourth-order valence-electron chi connectivity index (χ4n) is 1.51. The average Bonchev–Trinajstić information content (AvgIpc) is 2.69. The molecule has 0 saturated heterocycles. The van der Waals surface area contributed by atoms with Crippen LogP contribution in [0.1, 0.15) is 11.6 Å². The zero-order valence-electron chi connectivity index (χ0n) is 8.07. The van der Waals surface area contributed by atoms with Crippen LogP contribution < -0.4 is 0 Å². The van der Waals surface area contributed by atoms with E-state index >= 15 is 0 Å². The number of hydrogen-bond acceptors (Lipinski definition) is 3. The number of benzene rings is 1. The molecular weight excluding hydrogens is 226 g/mol. The number of aliphatic carboxylic acids is 1. The average molecular weight is 233 g/mol. The number of fused-ring (bicyclic) bond motifs is 1. The first-order valence-corrected chi connectivity index (χ1v) is 5.35. The minimum absolute atomic E-state index is 0.547. The third kappa shape index (κ3) is 1.71. The number of carboxylic acids is 1. The first-order chi connectivity index (χ1) is 7.74. The van der Waals surface area contributed by atoms with Gasteiger partial charge in [-0.2, -0.15) is 0 Å². The highest BCUT2D eigenvalue weighted by Crippen LogP contribution is 2.32. The smallest absolute Gasteiger partial charge is 0.317 e. The first kappa shape index (κ1) is 10.5. The lowest BCUT2D eigenvalue weighted by molar-refractivity contribution is -0.138. The largest absolute Gasteiger partial charge is 0.481 e. The monoisotopic (exact) mass is 233 g/mol. The van der Waals surface area contributed by atoms with Gasteiger partial charge in [-0.25, -0.2) is 0 Å². The van der Waals surface area contributed by atoms with Gasteiger partial charge in [-0.1, -0.05) is 23.3 Å². The lowest BCUT2D eigenvalue weighted by Gasteiger charge is -2.03. The van der Waals surface area contributed by atoms with Crippen LogP contribution in [0, 0.1) is 0 Å². The summed E-state index contributed by atoms with van der Waals surface area (Å²) in [4.78, 5) is 13.5. The number of azide groups is 1. The van der Waals surface area contributed by atoms with Gasteiger partial charge in [0, 0.05) is 9.61 Å². The highest BCUT2D eigenvalue weighted by atomic mass is 32.1. The van der Waals surface area contributed by atoms with Crippen LogP contribution in [0.2, 0.25) is 0 Å². The molecule has 0 aliphatic rings. The quantitative estimate of drug-likeness (QED) is 0.500. The second kappa shape index (κ2) is 4.22. The lowest BCUT2D eigenvalue weighted by Crippen LogP contribution is -2.07. The van der Waals surface area contributed by atoms with Crippen molar-refractivity contribution in [3.05, 3.63) is 45.7 Å². The van der Waals surface area contributed by atoms with E-state index in [1.54, 1.807) is 5.38 Å². The summed E-state index contributed by atoms with van der Waals surface area (Å²) in [6, 6.07) is 6.28. The van der Waals surface area contributed by atoms with E-state index in [1.165, 1.54) is 11.3 Å². The van der Waals surface area contributed by atoms with Gasteiger partial charge < -0.3 is 5.11 Å². The zero-order chi connectivity index (χ0) is 11.5. The molecule has 0 fully saturated rings. The standard InChI is InChI=1S/C10H7N3O2S/c11-13-12-9(10(14)15)7-5-16-8-4-2-1-3-6(7)8/h1-5,9H,(H,14,15). The van der Waals surface area contributed by atoms with Crippen LogP contribution >= 0.6 is 11.3 Å². The van der Waals surface area contributed by atoms with Gasteiger partial charge in [-0.3, -0.25) is 4.79 Å². The Morgan fingerprint density at radius 1 is 1.50 bits per heavy atom. The van der Waals surface area contributed by atoms with Crippen LogP contribution in [0.25, 0.3) is 20.5 Å². The predicted octanol–water partition coefficient (Wildman–Crippen LogP) is 3.34. The van der Waals surface area contributed by atoms with Crippen molar-refractivity contribution in [2.75, 3.05) is 0 Å². The maximum Gasteiger partial charge on any atom is 0.317 e. The normalized spacial score (nSPS) is 12.0. The SMILES string of the molecule is [N-]=[N+]=NC(C(=O)O)c1csc2ccccc12. The van der Waals surface area contributed by atoms with Gasteiger partial charge in [0.05, 0.1) is 0 Å². The molecule has 1 atom stereocenters. The highest BCUT2D eigenvalue weighted by molar-refractivity contribution is 7.17. The van der Waals surface area contributed by atoms with E-state index in [9.17, 15) is 4.79 Å². The summed E-state index contributed by atoms with van der Waals surface area (Å²) in [6.07, 6.45) is 0. The van der Waals surface area contributed by atoms with Crippen molar-refractivity contribution in [2.24, 2.45) is 5.11 Å². The molecule has 1 heterocycles. The fraction of sp³-hybridized carbons (Fsp3) is 0.100. The molecule has 16 heavy (non-hydrogen) atoms. The molecule has 0 amide bonds. The maximum atomic E-state index is 11.0. The van der Waals surface area contributed by atoms with E-state index in [1.807, 2.05) is 24.3 Å². The van der Waals surface area contributed by atoms with Gasteiger partial charge in [-0.05, 0) is 27.9 Å². The van der Waals surface area contributed by atoms with Gasteiger partial charge in [0.15, 0.2) is 6.04 Å². The van der Waals surface area contributed by atoms with E-state index in [4.69, 9.17) is 10.6 Å². The summed E-state index contributed by atoms with van der Waals surface area (Å²) in [5.41, 5.74) is 8.90. The summed E-state index contributed by atoms with van der Waals surface area (Å²) in [5.74, 6) is -1.14. The van der Waals surface area contributed by atoms with Crippen LogP contribution in [-0.2, 0) is 4.79 Å². The second-order valence-corrected chi connectivity index (χ2v) is 4.04. The number of hydrogen-bond donors (Lipinski definition) is 1. The molecule has 6 heteroatoms. The Kier molecular flexibility index (Phi) is 2.76. The van der Waals surface area contributed by atoms with E-state index in [2.05, 4.69) is 10.0 Å². The topological polar surface area (TPSA) is 86.1 Å². The van der Waals surface area contributed by atoms with Crippen LogP contribution in [-0.4, -0.2) is 11.1 Å². The summed E-state index contributed by atoms with van der Waals surface area (Å²) in [7, 11) is 0. The van der Waals surface area contributed by atoms with E-state index in [0.717, 1.165) is 10.1 Å². The number of rotatable bonds is 3. The Hall–Kier alpha value is -2.04. The van der Waals surface area contributed by atoms with Crippen LogP contribution in [0.5, 0.6) is 0 Å². The molecule has 2 rings (SSSR count). The van der Waals surface area contributed by atoms with Crippen molar-refractivity contribution in [2.45, 2.75) is 6.04 Å². The molecule has 0 radical (unpaired) electrons. The molecule has 0 spiro atoms. The Balaban J connectivity index is 2.61. The van der Waals surface area contributed by atoms with Crippen LogP contribution in [0.15, 0.2) is 34.8 Å².